The number of carbonyl (C=O) groups excluding carboxylic acids is 1. The summed E-state index contributed by atoms with van der Waals surface area (Å²) in [6.45, 7) is 8.17. The molecule has 1 amide bonds. The van der Waals surface area contributed by atoms with E-state index in [0.29, 0.717) is 18.7 Å². The third-order valence-electron chi connectivity index (χ3n) is 4.52. The van der Waals surface area contributed by atoms with Crippen LogP contribution in [0.3, 0.4) is 0 Å². The first-order valence-electron chi connectivity index (χ1n) is 9.48. The summed E-state index contributed by atoms with van der Waals surface area (Å²) in [6, 6.07) is 15.7. The summed E-state index contributed by atoms with van der Waals surface area (Å²) in [4.78, 5) is 16.3. The standard InChI is InChI=1S/C23H27N3O2/c1-23(2,3)20-8-10-21(11-9-20)28-15-13-25-22(27)19-6-4-18(5-7-19)16-26-14-12-24-17-26/h4-12,14,17H,13,15-16H2,1-3H3,(H,25,27). The van der Waals surface area contributed by atoms with Crippen LogP contribution in [0, 0.1) is 0 Å². The first kappa shape index (κ1) is 19.7. The Kier molecular flexibility index (Phi) is 6.14. The second-order valence-electron chi connectivity index (χ2n) is 7.81. The molecule has 0 aliphatic rings. The normalized spacial score (nSPS) is 11.2. The van der Waals surface area contributed by atoms with Gasteiger partial charge in [-0.25, -0.2) is 4.98 Å². The Hall–Kier alpha value is -3.08. The van der Waals surface area contributed by atoms with Crippen molar-refractivity contribution in [2.24, 2.45) is 0 Å². The van der Waals surface area contributed by atoms with Crippen molar-refractivity contribution in [2.45, 2.75) is 32.7 Å². The van der Waals surface area contributed by atoms with Gasteiger partial charge < -0.3 is 14.6 Å². The summed E-state index contributed by atoms with van der Waals surface area (Å²) < 4.78 is 7.70. The van der Waals surface area contributed by atoms with Gasteiger partial charge in [-0.1, -0.05) is 45.0 Å². The third kappa shape index (κ3) is 5.46. The molecule has 28 heavy (non-hydrogen) atoms. The molecule has 5 nitrogen and oxygen atoms in total. The number of rotatable bonds is 7. The van der Waals surface area contributed by atoms with Crippen LogP contribution in [0.25, 0.3) is 0 Å². The molecule has 0 radical (unpaired) electrons. The van der Waals surface area contributed by atoms with Crippen LogP contribution in [0.15, 0.2) is 67.3 Å². The average Bonchev–Trinajstić information content (AvgIpc) is 3.18. The minimum Gasteiger partial charge on any atom is -0.492 e. The summed E-state index contributed by atoms with van der Waals surface area (Å²) in [6.07, 6.45) is 5.44. The Balaban J connectivity index is 1.43. The molecule has 0 atom stereocenters. The lowest BCUT2D eigenvalue weighted by molar-refractivity contribution is 0.0947. The minimum atomic E-state index is -0.0964. The maximum atomic E-state index is 12.3. The summed E-state index contributed by atoms with van der Waals surface area (Å²) in [7, 11) is 0. The zero-order chi connectivity index (χ0) is 20.0. The van der Waals surface area contributed by atoms with E-state index in [0.717, 1.165) is 17.9 Å². The quantitative estimate of drug-likeness (QED) is 0.632. The van der Waals surface area contributed by atoms with Crippen molar-refractivity contribution in [2.75, 3.05) is 13.2 Å². The summed E-state index contributed by atoms with van der Waals surface area (Å²) in [5.41, 5.74) is 3.16. The van der Waals surface area contributed by atoms with Crippen molar-refractivity contribution in [1.82, 2.24) is 14.9 Å². The van der Waals surface area contributed by atoms with Gasteiger partial charge in [0.2, 0.25) is 0 Å². The second-order valence-corrected chi connectivity index (χ2v) is 7.81. The highest BCUT2D eigenvalue weighted by Gasteiger charge is 2.13. The van der Waals surface area contributed by atoms with E-state index in [-0.39, 0.29) is 11.3 Å². The van der Waals surface area contributed by atoms with Gasteiger partial charge in [0.1, 0.15) is 12.4 Å². The number of amides is 1. The Morgan fingerprint density at radius 2 is 1.79 bits per heavy atom. The molecule has 1 N–H and O–H groups in total. The number of aromatic nitrogens is 2. The van der Waals surface area contributed by atoms with E-state index in [1.54, 1.807) is 12.5 Å². The van der Waals surface area contributed by atoms with Crippen molar-refractivity contribution in [3.63, 3.8) is 0 Å². The zero-order valence-electron chi connectivity index (χ0n) is 16.7. The van der Waals surface area contributed by atoms with E-state index in [4.69, 9.17) is 4.74 Å². The monoisotopic (exact) mass is 377 g/mol. The number of imidazole rings is 1. The van der Waals surface area contributed by atoms with Gasteiger partial charge in [0.25, 0.3) is 5.91 Å². The number of benzene rings is 2. The summed E-state index contributed by atoms with van der Waals surface area (Å²) in [5.74, 6) is 0.715. The molecular weight excluding hydrogens is 350 g/mol. The molecule has 0 spiro atoms. The Morgan fingerprint density at radius 3 is 2.39 bits per heavy atom. The lowest BCUT2D eigenvalue weighted by Crippen LogP contribution is -2.28. The molecule has 0 unspecified atom stereocenters. The topological polar surface area (TPSA) is 56.1 Å². The van der Waals surface area contributed by atoms with E-state index >= 15 is 0 Å². The Labute approximate surface area is 166 Å². The molecule has 2 aromatic carbocycles. The van der Waals surface area contributed by atoms with E-state index < -0.39 is 0 Å². The maximum Gasteiger partial charge on any atom is 0.251 e. The van der Waals surface area contributed by atoms with Crippen LogP contribution in [0.5, 0.6) is 5.75 Å². The zero-order valence-corrected chi connectivity index (χ0v) is 16.7. The number of ether oxygens (including phenoxy) is 1. The van der Waals surface area contributed by atoms with Crippen LogP contribution in [-0.4, -0.2) is 28.6 Å². The Bertz CT molecular complexity index is 877. The van der Waals surface area contributed by atoms with Gasteiger partial charge in [0.15, 0.2) is 0 Å². The summed E-state index contributed by atoms with van der Waals surface area (Å²) >= 11 is 0. The molecule has 1 aromatic heterocycles. The fourth-order valence-corrected chi connectivity index (χ4v) is 2.84. The minimum absolute atomic E-state index is 0.0964. The van der Waals surface area contributed by atoms with E-state index in [1.165, 1.54) is 5.56 Å². The van der Waals surface area contributed by atoms with E-state index in [1.807, 2.05) is 47.2 Å². The van der Waals surface area contributed by atoms with Crippen LogP contribution >= 0.6 is 0 Å². The van der Waals surface area contributed by atoms with Crippen molar-refractivity contribution in [1.29, 1.82) is 0 Å². The van der Waals surface area contributed by atoms with E-state index in [9.17, 15) is 4.79 Å². The predicted molar refractivity (Wildman–Crippen MR) is 111 cm³/mol. The van der Waals surface area contributed by atoms with Gasteiger partial charge in [-0.3, -0.25) is 4.79 Å². The number of carbonyl (C=O) groups is 1. The number of nitrogens with zero attached hydrogens (tertiary/aromatic N) is 2. The molecule has 1 heterocycles. The SMILES string of the molecule is CC(C)(C)c1ccc(OCCNC(=O)c2ccc(Cn3ccnc3)cc2)cc1. The van der Waals surface area contributed by atoms with Crippen LogP contribution in [0.1, 0.15) is 42.3 Å². The van der Waals surface area contributed by atoms with Gasteiger partial charge in [0.05, 0.1) is 12.9 Å². The molecule has 0 saturated heterocycles. The largest absolute Gasteiger partial charge is 0.492 e. The molecule has 0 aliphatic heterocycles. The van der Waals surface area contributed by atoms with Crippen LogP contribution in [0.2, 0.25) is 0 Å². The third-order valence-corrected chi connectivity index (χ3v) is 4.52. The molecule has 5 heteroatoms. The van der Waals surface area contributed by atoms with Crippen LogP contribution < -0.4 is 10.1 Å². The molecule has 0 bridgehead atoms. The molecule has 3 rings (SSSR count). The molecular formula is C23H27N3O2. The maximum absolute atomic E-state index is 12.3. The second kappa shape index (κ2) is 8.74. The first-order chi connectivity index (χ1) is 13.4. The number of nitrogens with one attached hydrogen (secondary N) is 1. The highest BCUT2D eigenvalue weighted by molar-refractivity contribution is 5.94. The van der Waals surface area contributed by atoms with E-state index in [2.05, 4.69) is 43.2 Å². The molecule has 0 fully saturated rings. The van der Waals surface area contributed by atoms with Gasteiger partial charge in [0, 0.05) is 24.5 Å². The highest BCUT2D eigenvalue weighted by atomic mass is 16.5. The van der Waals surface area contributed by atoms with Gasteiger partial charge in [-0.05, 0) is 40.8 Å². The van der Waals surface area contributed by atoms with Crippen LogP contribution in [-0.2, 0) is 12.0 Å². The number of hydrogen-bond acceptors (Lipinski definition) is 3. The molecule has 0 aliphatic carbocycles. The average molecular weight is 377 g/mol. The molecule has 0 saturated carbocycles. The van der Waals surface area contributed by atoms with Gasteiger partial charge >= 0.3 is 0 Å². The lowest BCUT2D eigenvalue weighted by Gasteiger charge is -2.19. The highest BCUT2D eigenvalue weighted by Crippen LogP contribution is 2.24. The first-order valence-corrected chi connectivity index (χ1v) is 9.48. The van der Waals surface area contributed by atoms with Crippen molar-refractivity contribution < 1.29 is 9.53 Å². The lowest BCUT2D eigenvalue weighted by atomic mass is 9.87. The van der Waals surface area contributed by atoms with Gasteiger partial charge in [-0.15, -0.1) is 0 Å². The van der Waals surface area contributed by atoms with Crippen molar-refractivity contribution in [3.05, 3.63) is 83.9 Å². The smallest absolute Gasteiger partial charge is 0.251 e. The van der Waals surface area contributed by atoms with Gasteiger partial charge in [-0.2, -0.15) is 0 Å². The van der Waals surface area contributed by atoms with Crippen molar-refractivity contribution in [3.8, 4) is 5.75 Å². The van der Waals surface area contributed by atoms with Crippen molar-refractivity contribution >= 4 is 5.91 Å². The molecule has 146 valence electrons. The number of hydrogen-bond donors (Lipinski definition) is 1. The van der Waals surface area contributed by atoms with Crippen LogP contribution in [0.4, 0.5) is 0 Å². The summed E-state index contributed by atoms with van der Waals surface area (Å²) in [5, 5.41) is 2.89. The fourth-order valence-electron chi connectivity index (χ4n) is 2.84. The predicted octanol–water partition coefficient (Wildman–Crippen LogP) is 4.04. The Morgan fingerprint density at radius 1 is 1.07 bits per heavy atom. The molecule has 3 aromatic rings. The fraction of sp³-hybridized carbons (Fsp3) is 0.304.